The van der Waals surface area contributed by atoms with E-state index in [-0.39, 0.29) is 5.88 Å². The Morgan fingerprint density at radius 3 is 2.38 bits per heavy atom. The maximum atomic E-state index is 9.75. The van der Waals surface area contributed by atoms with Gasteiger partial charge in [-0.3, -0.25) is 0 Å². The Hall–Kier alpha value is 0.210. The molecular weight excluding hydrogens is 151 g/mol. The number of halogens is 2. The second-order valence-electron chi connectivity index (χ2n) is 1.30. The van der Waals surface area contributed by atoms with Gasteiger partial charge in [-0.05, 0) is 0 Å². The van der Waals surface area contributed by atoms with Crippen LogP contribution in [0.5, 0.6) is 0 Å². The molecule has 0 heterocycles. The number of aliphatic hydroxyl groups is 1. The summed E-state index contributed by atoms with van der Waals surface area (Å²) in [5, 5.41) is 7.76. The minimum Gasteiger partial charge on any atom is -0.390 e. The van der Waals surface area contributed by atoms with Crippen molar-refractivity contribution < 1.29 is 9.90 Å². The highest BCUT2D eigenvalue weighted by molar-refractivity contribution is 6.29. The van der Waals surface area contributed by atoms with E-state index in [0.29, 0.717) is 6.29 Å². The van der Waals surface area contributed by atoms with Gasteiger partial charge < -0.3 is 9.90 Å². The third-order valence-electron chi connectivity index (χ3n) is 0.656. The predicted octanol–water partition coefficient (Wildman–Crippen LogP) is 0.392. The van der Waals surface area contributed by atoms with Crippen molar-refractivity contribution in [2.45, 2.75) is 11.5 Å². The van der Waals surface area contributed by atoms with Gasteiger partial charge in [0.2, 0.25) is 0 Å². The van der Waals surface area contributed by atoms with Crippen molar-refractivity contribution in [3.63, 3.8) is 0 Å². The number of carbonyl (C=O) groups excluding carboxylic acids is 1. The molecule has 0 bridgehead atoms. The minimum atomic E-state index is -0.921. The molecule has 0 aliphatic carbocycles. The Kier molecular flexibility index (Phi) is 4.23. The van der Waals surface area contributed by atoms with Crippen molar-refractivity contribution in [2.24, 2.45) is 0 Å². The van der Waals surface area contributed by atoms with Crippen LogP contribution in [0, 0.1) is 0 Å². The summed E-state index contributed by atoms with van der Waals surface area (Å²) in [5.41, 5.74) is 0. The van der Waals surface area contributed by atoms with Crippen LogP contribution in [-0.4, -0.2) is 28.8 Å². The number of alkyl halides is 2. The molecule has 2 atom stereocenters. The molecule has 48 valence electrons. The van der Waals surface area contributed by atoms with E-state index in [9.17, 15) is 4.79 Å². The zero-order valence-corrected chi connectivity index (χ0v) is 5.56. The van der Waals surface area contributed by atoms with E-state index in [1.54, 1.807) is 0 Å². The van der Waals surface area contributed by atoms with Crippen LogP contribution in [0.2, 0.25) is 0 Å². The number of carbonyl (C=O) groups is 1. The Morgan fingerprint density at radius 2 is 2.25 bits per heavy atom. The molecule has 0 aromatic heterocycles. The van der Waals surface area contributed by atoms with Crippen LogP contribution < -0.4 is 0 Å². The quantitative estimate of drug-likeness (QED) is 0.475. The monoisotopic (exact) mass is 156 g/mol. The summed E-state index contributed by atoms with van der Waals surface area (Å²) in [6, 6.07) is 0. The Labute approximate surface area is 57.4 Å². The second kappa shape index (κ2) is 4.13. The fraction of sp³-hybridized carbons (Fsp3) is 0.750. The number of aldehydes is 1. The van der Waals surface area contributed by atoms with Crippen molar-refractivity contribution >= 4 is 29.5 Å². The lowest BCUT2D eigenvalue weighted by molar-refractivity contribution is -0.108. The smallest absolute Gasteiger partial charge is 0.140 e. The molecule has 0 saturated heterocycles. The molecule has 0 saturated carbocycles. The van der Waals surface area contributed by atoms with Gasteiger partial charge in [0.15, 0.2) is 0 Å². The zero-order chi connectivity index (χ0) is 6.57. The summed E-state index contributed by atoms with van der Waals surface area (Å²) in [6.07, 6.45) is -0.468. The maximum Gasteiger partial charge on any atom is 0.140 e. The average molecular weight is 157 g/mol. The van der Waals surface area contributed by atoms with Crippen LogP contribution in [-0.2, 0) is 4.79 Å². The van der Waals surface area contributed by atoms with Gasteiger partial charge in [-0.2, -0.15) is 0 Å². The molecule has 0 aliphatic heterocycles. The highest BCUT2D eigenvalue weighted by atomic mass is 35.5. The molecule has 0 aromatic rings. The first-order valence-corrected chi connectivity index (χ1v) is 3.03. The van der Waals surface area contributed by atoms with E-state index < -0.39 is 11.5 Å². The fourth-order valence-corrected chi connectivity index (χ4v) is 0.548. The summed E-state index contributed by atoms with van der Waals surface area (Å²) in [5.74, 6) is -0.00704. The molecule has 4 heteroatoms. The Bertz CT molecular complexity index is 76.4. The van der Waals surface area contributed by atoms with E-state index in [1.807, 2.05) is 0 Å². The second-order valence-corrected chi connectivity index (χ2v) is 2.11. The SMILES string of the molecule is O=CC(Cl)C(O)CCl. The number of aliphatic hydroxyl groups excluding tert-OH is 1. The van der Waals surface area contributed by atoms with Crippen LogP contribution in [0.25, 0.3) is 0 Å². The highest BCUT2D eigenvalue weighted by Gasteiger charge is 2.12. The Morgan fingerprint density at radius 1 is 1.75 bits per heavy atom. The maximum absolute atomic E-state index is 9.75. The lowest BCUT2D eigenvalue weighted by Crippen LogP contribution is -2.23. The van der Waals surface area contributed by atoms with Crippen LogP contribution in [0.3, 0.4) is 0 Å². The van der Waals surface area contributed by atoms with Crippen molar-refractivity contribution in [1.82, 2.24) is 0 Å². The van der Waals surface area contributed by atoms with Gasteiger partial charge in [-0.15, -0.1) is 23.2 Å². The minimum absolute atomic E-state index is 0.00704. The first-order valence-electron chi connectivity index (χ1n) is 2.05. The van der Waals surface area contributed by atoms with Crippen molar-refractivity contribution in [3.8, 4) is 0 Å². The van der Waals surface area contributed by atoms with Crippen molar-refractivity contribution in [1.29, 1.82) is 0 Å². The van der Waals surface area contributed by atoms with Crippen LogP contribution in [0.1, 0.15) is 0 Å². The van der Waals surface area contributed by atoms with E-state index in [4.69, 9.17) is 28.3 Å². The highest BCUT2D eigenvalue weighted by Crippen LogP contribution is 2.00. The van der Waals surface area contributed by atoms with Gasteiger partial charge in [-0.1, -0.05) is 0 Å². The lowest BCUT2D eigenvalue weighted by Gasteiger charge is -2.04. The number of rotatable bonds is 3. The number of hydrogen-bond donors (Lipinski definition) is 1. The third-order valence-corrected chi connectivity index (χ3v) is 1.37. The normalized spacial score (nSPS) is 17.4. The van der Waals surface area contributed by atoms with Gasteiger partial charge in [0.25, 0.3) is 0 Å². The summed E-state index contributed by atoms with van der Waals surface area (Å²) in [4.78, 5) is 9.75. The van der Waals surface area contributed by atoms with E-state index >= 15 is 0 Å². The molecule has 0 rings (SSSR count). The average Bonchev–Trinajstić information content (AvgIpc) is 1.84. The predicted molar refractivity (Wildman–Crippen MR) is 32.4 cm³/mol. The lowest BCUT2D eigenvalue weighted by atomic mass is 10.3. The standard InChI is InChI=1S/C4H6Cl2O2/c5-1-4(8)3(6)2-7/h2-4,8H,1H2. The van der Waals surface area contributed by atoms with Gasteiger partial charge in [0.05, 0.1) is 12.0 Å². The molecule has 0 amide bonds. The Balaban J connectivity index is 3.44. The molecule has 2 nitrogen and oxygen atoms in total. The summed E-state index contributed by atoms with van der Waals surface area (Å²) >= 11 is 10.3. The van der Waals surface area contributed by atoms with E-state index in [0.717, 1.165) is 0 Å². The zero-order valence-electron chi connectivity index (χ0n) is 4.05. The molecule has 0 spiro atoms. The van der Waals surface area contributed by atoms with Gasteiger partial charge in [0, 0.05) is 0 Å². The molecule has 2 unspecified atom stereocenters. The van der Waals surface area contributed by atoms with E-state index in [1.165, 1.54) is 0 Å². The molecule has 0 radical (unpaired) electrons. The van der Waals surface area contributed by atoms with Gasteiger partial charge in [0.1, 0.15) is 11.7 Å². The molecule has 1 N–H and O–H groups in total. The molecule has 0 aromatic carbocycles. The summed E-state index contributed by atoms with van der Waals surface area (Å²) in [6.45, 7) is 0. The van der Waals surface area contributed by atoms with Crippen molar-refractivity contribution in [3.05, 3.63) is 0 Å². The topological polar surface area (TPSA) is 37.3 Å². The van der Waals surface area contributed by atoms with E-state index in [2.05, 4.69) is 0 Å². The van der Waals surface area contributed by atoms with Crippen molar-refractivity contribution in [2.75, 3.05) is 5.88 Å². The van der Waals surface area contributed by atoms with Crippen LogP contribution >= 0.6 is 23.2 Å². The first-order chi connectivity index (χ1) is 3.72. The summed E-state index contributed by atoms with van der Waals surface area (Å²) in [7, 11) is 0. The van der Waals surface area contributed by atoms with Crippen LogP contribution in [0.15, 0.2) is 0 Å². The largest absolute Gasteiger partial charge is 0.390 e. The number of hydrogen-bond acceptors (Lipinski definition) is 2. The van der Waals surface area contributed by atoms with Crippen LogP contribution in [0.4, 0.5) is 0 Å². The first kappa shape index (κ1) is 8.21. The third kappa shape index (κ3) is 2.50. The molecule has 0 fully saturated rings. The van der Waals surface area contributed by atoms with Gasteiger partial charge >= 0.3 is 0 Å². The molecular formula is C4H6Cl2O2. The van der Waals surface area contributed by atoms with Gasteiger partial charge in [-0.25, -0.2) is 0 Å². The molecule has 8 heavy (non-hydrogen) atoms. The fourth-order valence-electron chi connectivity index (χ4n) is 0.176. The summed E-state index contributed by atoms with van der Waals surface area (Å²) < 4.78 is 0. The molecule has 0 aliphatic rings.